The largest absolute Gasteiger partial charge is 0.508 e. The second-order valence-corrected chi connectivity index (χ2v) is 4.71. The summed E-state index contributed by atoms with van der Waals surface area (Å²) in [5.41, 5.74) is 0.120. The molecule has 0 aromatic heterocycles. The molecule has 0 saturated heterocycles. The molecule has 0 amide bonds. The first-order chi connectivity index (χ1) is 6.96. The number of phenols is 1. The quantitative estimate of drug-likeness (QED) is 0.780. The first-order valence-corrected chi connectivity index (χ1v) is 5.15. The van der Waals surface area contributed by atoms with Gasteiger partial charge in [0.15, 0.2) is 0 Å². The third-order valence-corrected chi connectivity index (χ3v) is 2.56. The molecule has 3 heteroatoms. The minimum Gasteiger partial charge on any atom is -0.508 e. The van der Waals surface area contributed by atoms with E-state index in [4.69, 9.17) is 4.74 Å². The van der Waals surface area contributed by atoms with Crippen molar-refractivity contribution >= 4 is 0 Å². The van der Waals surface area contributed by atoms with Crippen LogP contribution in [0.4, 0.5) is 0 Å². The Morgan fingerprint density at radius 3 is 2.80 bits per heavy atom. The van der Waals surface area contributed by atoms with E-state index in [0.29, 0.717) is 12.8 Å². The Bertz CT molecular complexity index is 366. The van der Waals surface area contributed by atoms with E-state index in [9.17, 15) is 10.2 Å². The second kappa shape index (κ2) is 3.42. The normalized spacial score (nSPS) is 19.8. The van der Waals surface area contributed by atoms with E-state index in [2.05, 4.69) is 0 Å². The highest BCUT2D eigenvalue weighted by Gasteiger charge is 2.29. The number of ether oxygens (including phenoxy) is 1. The Balaban J connectivity index is 2.13. The topological polar surface area (TPSA) is 49.7 Å². The fourth-order valence-electron chi connectivity index (χ4n) is 1.99. The van der Waals surface area contributed by atoms with Crippen LogP contribution in [0.25, 0.3) is 0 Å². The number of hydrogen-bond acceptors (Lipinski definition) is 3. The van der Waals surface area contributed by atoms with Crippen LogP contribution in [0.2, 0.25) is 0 Å². The molecule has 0 fully saturated rings. The summed E-state index contributed by atoms with van der Waals surface area (Å²) < 4.78 is 5.64. The monoisotopic (exact) mass is 208 g/mol. The van der Waals surface area contributed by atoms with Crippen molar-refractivity contribution in [2.24, 2.45) is 0 Å². The van der Waals surface area contributed by atoms with E-state index in [0.717, 1.165) is 11.3 Å². The second-order valence-electron chi connectivity index (χ2n) is 4.71. The van der Waals surface area contributed by atoms with Gasteiger partial charge in [-0.15, -0.1) is 0 Å². The standard InChI is InChI=1S/C12H16O3/c1-12(2,14)7-8-6-9-10(13)4-3-5-11(9)15-8/h3-5,8,13-14H,6-7H2,1-2H3. The lowest BCUT2D eigenvalue weighted by atomic mass is 9.98. The molecule has 1 aliphatic rings. The smallest absolute Gasteiger partial charge is 0.126 e. The Morgan fingerprint density at radius 2 is 2.20 bits per heavy atom. The summed E-state index contributed by atoms with van der Waals surface area (Å²) in [5, 5.41) is 19.3. The van der Waals surface area contributed by atoms with Crippen LogP contribution < -0.4 is 4.74 Å². The molecule has 0 aliphatic carbocycles. The fourth-order valence-corrected chi connectivity index (χ4v) is 1.99. The van der Waals surface area contributed by atoms with Crippen molar-refractivity contribution in [3.8, 4) is 11.5 Å². The number of fused-ring (bicyclic) bond motifs is 1. The van der Waals surface area contributed by atoms with Gasteiger partial charge in [0.2, 0.25) is 0 Å². The van der Waals surface area contributed by atoms with Crippen LogP contribution in [0, 0.1) is 0 Å². The zero-order chi connectivity index (χ0) is 11.1. The molecular formula is C12H16O3. The van der Waals surface area contributed by atoms with Crippen molar-refractivity contribution in [1.82, 2.24) is 0 Å². The molecule has 1 aromatic carbocycles. The summed E-state index contributed by atoms with van der Waals surface area (Å²) in [6, 6.07) is 5.27. The molecule has 2 rings (SSSR count). The van der Waals surface area contributed by atoms with Gasteiger partial charge >= 0.3 is 0 Å². The van der Waals surface area contributed by atoms with Crippen molar-refractivity contribution in [3.63, 3.8) is 0 Å². The van der Waals surface area contributed by atoms with E-state index in [1.165, 1.54) is 0 Å². The van der Waals surface area contributed by atoms with Crippen molar-refractivity contribution in [2.45, 2.75) is 38.4 Å². The summed E-state index contributed by atoms with van der Waals surface area (Å²) in [5.74, 6) is 1.02. The summed E-state index contributed by atoms with van der Waals surface area (Å²) >= 11 is 0. The maximum atomic E-state index is 9.68. The molecule has 82 valence electrons. The molecule has 0 radical (unpaired) electrons. The molecule has 1 aliphatic heterocycles. The van der Waals surface area contributed by atoms with Crippen molar-refractivity contribution in [1.29, 1.82) is 0 Å². The van der Waals surface area contributed by atoms with Gasteiger partial charge in [-0.2, -0.15) is 0 Å². The number of aromatic hydroxyl groups is 1. The van der Waals surface area contributed by atoms with Crippen molar-refractivity contribution in [2.75, 3.05) is 0 Å². The lowest BCUT2D eigenvalue weighted by molar-refractivity contribution is 0.0332. The molecule has 2 N–H and O–H groups in total. The van der Waals surface area contributed by atoms with Gasteiger partial charge in [-0.05, 0) is 26.0 Å². The highest BCUT2D eigenvalue weighted by Crippen LogP contribution is 2.37. The average molecular weight is 208 g/mol. The van der Waals surface area contributed by atoms with Gasteiger partial charge < -0.3 is 14.9 Å². The first-order valence-electron chi connectivity index (χ1n) is 5.15. The maximum Gasteiger partial charge on any atom is 0.126 e. The van der Waals surface area contributed by atoms with Crippen LogP contribution in [-0.4, -0.2) is 21.9 Å². The lowest BCUT2D eigenvalue weighted by Gasteiger charge is -2.21. The Labute approximate surface area is 89.3 Å². The SMILES string of the molecule is CC(C)(O)CC1Cc2c(O)cccc2O1. The van der Waals surface area contributed by atoms with E-state index in [1.807, 2.05) is 6.07 Å². The third kappa shape index (κ3) is 2.23. The molecule has 15 heavy (non-hydrogen) atoms. The Hall–Kier alpha value is -1.22. The van der Waals surface area contributed by atoms with Crippen LogP contribution in [0.3, 0.4) is 0 Å². The molecule has 1 heterocycles. The molecule has 0 saturated carbocycles. The van der Waals surface area contributed by atoms with E-state index in [1.54, 1.807) is 26.0 Å². The maximum absolute atomic E-state index is 9.68. The van der Waals surface area contributed by atoms with Gasteiger partial charge in [0.25, 0.3) is 0 Å². The minimum atomic E-state index is -0.734. The van der Waals surface area contributed by atoms with Gasteiger partial charge in [-0.25, -0.2) is 0 Å². The van der Waals surface area contributed by atoms with Gasteiger partial charge in [0.05, 0.1) is 5.60 Å². The van der Waals surface area contributed by atoms with Gasteiger partial charge in [-0.1, -0.05) is 6.07 Å². The Morgan fingerprint density at radius 1 is 1.47 bits per heavy atom. The highest BCUT2D eigenvalue weighted by molar-refractivity contribution is 5.46. The van der Waals surface area contributed by atoms with Crippen LogP contribution in [0.5, 0.6) is 11.5 Å². The van der Waals surface area contributed by atoms with Gasteiger partial charge in [0.1, 0.15) is 17.6 Å². The molecule has 0 spiro atoms. The van der Waals surface area contributed by atoms with E-state index in [-0.39, 0.29) is 11.9 Å². The summed E-state index contributed by atoms with van der Waals surface area (Å²) in [6.45, 7) is 3.53. The average Bonchev–Trinajstić information content (AvgIpc) is 2.45. The number of benzene rings is 1. The number of phenolic OH excluding ortho intramolecular Hbond substituents is 1. The molecule has 0 bridgehead atoms. The summed E-state index contributed by atoms with van der Waals surface area (Å²) in [4.78, 5) is 0. The number of rotatable bonds is 2. The molecule has 1 unspecified atom stereocenters. The van der Waals surface area contributed by atoms with Crippen LogP contribution >= 0.6 is 0 Å². The zero-order valence-electron chi connectivity index (χ0n) is 9.03. The summed E-state index contributed by atoms with van der Waals surface area (Å²) in [7, 11) is 0. The van der Waals surface area contributed by atoms with Crippen molar-refractivity contribution in [3.05, 3.63) is 23.8 Å². The van der Waals surface area contributed by atoms with Crippen LogP contribution in [-0.2, 0) is 6.42 Å². The number of hydrogen-bond donors (Lipinski definition) is 2. The minimum absolute atomic E-state index is 0.0340. The number of aliphatic hydroxyl groups is 1. The lowest BCUT2D eigenvalue weighted by Crippen LogP contribution is -2.28. The predicted octanol–water partition coefficient (Wildman–Crippen LogP) is 1.86. The molecule has 1 atom stereocenters. The van der Waals surface area contributed by atoms with Crippen LogP contribution in [0.1, 0.15) is 25.8 Å². The van der Waals surface area contributed by atoms with Gasteiger partial charge in [-0.3, -0.25) is 0 Å². The highest BCUT2D eigenvalue weighted by atomic mass is 16.5. The van der Waals surface area contributed by atoms with Crippen molar-refractivity contribution < 1.29 is 14.9 Å². The first kappa shape index (κ1) is 10.3. The van der Waals surface area contributed by atoms with Crippen LogP contribution in [0.15, 0.2) is 18.2 Å². The zero-order valence-corrected chi connectivity index (χ0v) is 9.03. The fraction of sp³-hybridized carbons (Fsp3) is 0.500. The van der Waals surface area contributed by atoms with E-state index < -0.39 is 5.60 Å². The molecular weight excluding hydrogens is 192 g/mol. The summed E-state index contributed by atoms with van der Waals surface area (Å²) in [6.07, 6.45) is 1.21. The van der Waals surface area contributed by atoms with Gasteiger partial charge in [0, 0.05) is 18.4 Å². The predicted molar refractivity (Wildman–Crippen MR) is 57.1 cm³/mol. The molecule has 3 nitrogen and oxygen atoms in total. The Kier molecular flexibility index (Phi) is 2.35. The van der Waals surface area contributed by atoms with E-state index >= 15 is 0 Å². The molecule has 1 aromatic rings. The third-order valence-electron chi connectivity index (χ3n) is 2.56.